The number of rotatable bonds is 1. The first-order valence-corrected chi connectivity index (χ1v) is 17.2. The molecule has 8 aromatic rings. The van der Waals surface area contributed by atoms with E-state index in [9.17, 15) is 0 Å². The van der Waals surface area contributed by atoms with Crippen molar-refractivity contribution in [2.75, 3.05) is 0 Å². The van der Waals surface area contributed by atoms with Gasteiger partial charge in [-0.15, -0.1) is 0 Å². The van der Waals surface area contributed by atoms with Gasteiger partial charge in [0.1, 0.15) is 0 Å². The lowest BCUT2D eigenvalue weighted by atomic mass is 9.62. The van der Waals surface area contributed by atoms with E-state index in [1.807, 2.05) is 0 Å². The lowest BCUT2D eigenvalue weighted by Crippen LogP contribution is -2.30. The molecule has 0 N–H and O–H groups in total. The first kappa shape index (κ1) is 26.7. The number of fused-ring (bicyclic) bond motifs is 7. The van der Waals surface area contributed by atoms with E-state index in [0.29, 0.717) is 0 Å². The Hall–Kier alpha value is -4.46. The van der Waals surface area contributed by atoms with Crippen LogP contribution in [0, 0.1) is 0 Å². The minimum Gasteiger partial charge on any atom is -0.0619 e. The lowest BCUT2D eigenvalue weighted by Gasteiger charge is -2.41. The smallest absolute Gasteiger partial charge is 0.0352 e. The average molecular weight is 654 g/mol. The number of halogens is 1. The van der Waals surface area contributed by atoms with Crippen molar-refractivity contribution in [1.82, 2.24) is 0 Å². The fourth-order valence-electron chi connectivity index (χ4n) is 9.46. The quantitative estimate of drug-likeness (QED) is 0.122. The van der Waals surface area contributed by atoms with Crippen molar-refractivity contribution in [3.05, 3.63) is 165 Å². The monoisotopic (exact) mass is 652 g/mol. The maximum atomic E-state index is 3.84. The molecule has 0 nitrogen and oxygen atoms in total. The molecule has 0 spiro atoms. The van der Waals surface area contributed by atoms with Crippen LogP contribution in [0.3, 0.4) is 0 Å². The van der Waals surface area contributed by atoms with E-state index in [-0.39, 0.29) is 16.7 Å². The molecule has 0 aliphatic heterocycles. The summed E-state index contributed by atoms with van der Waals surface area (Å²) in [5.41, 5.74) is 12.6. The topological polar surface area (TPSA) is 0 Å². The van der Waals surface area contributed by atoms with Gasteiger partial charge in [0.15, 0.2) is 0 Å². The third-order valence-electron chi connectivity index (χ3n) is 11.6. The second kappa shape index (κ2) is 8.87. The first-order valence-electron chi connectivity index (χ1n) is 16.4. The van der Waals surface area contributed by atoms with Gasteiger partial charge >= 0.3 is 0 Å². The number of hydrogen-bond acceptors (Lipinski definition) is 0. The zero-order valence-electron chi connectivity index (χ0n) is 26.5. The summed E-state index contributed by atoms with van der Waals surface area (Å²) in [6, 6.07) is 46.5. The van der Waals surface area contributed by atoms with E-state index >= 15 is 0 Å². The summed E-state index contributed by atoms with van der Waals surface area (Å²) in [7, 11) is 0. The van der Waals surface area contributed by atoms with Gasteiger partial charge in [-0.3, -0.25) is 0 Å². The van der Waals surface area contributed by atoms with Gasteiger partial charge in [0, 0.05) is 21.2 Å². The number of benzene rings is 8. The van der Waals surface area contributed by atoms with Crippen molar-refractivity contribution in [3.63, 3.8) is 0 Å². The fraction of sp³-hybridized carbons (Fsp3) is 0.156. The largest absolute Gasteiger partial charge is 0.0619 e. The van der Waals surface area contributed by atoms with Crippen LogP contribution in [0.25, 0.3) is 54.2 Å². The molecule has 2 aliphatic carbocycles. The van der Waals surface area contributed by atoms with Crippen LogP contribution in [0.1, 0.15) is 72.6 Å². The molecule has 10 rings (SSSR count). The van der Waals surface area contributed by atoms with E-state index in [2.05, 4.69) is 165 Å². The second-order valence-corrected chi connectivity index (χ2v) is 15.4. The van der Waals surface area contributed by atoms with E-state index in [0.717, 1.165) is 4.47 Å². The Morgan fingerprint density at radius 3 is 1.78 bits per heavy atom. The summed E-state index contributed by atoms with van der Waals surface area (Å²) < 4.78 is 1.15. The van der Waals surface area contributed by atoms with Gasteiger partial charge in [0.25, 0.3) is 0 Å². The van der Waals surface area contributed by atoms with Crippen molar-refractivity contribution < 1.29 is 0 Å². The summed E-state index contributed by atoms with van der Waals surface area (Å²) in [5.74, 6) is 0.135. The molecular weight excluding hydrogens is 620 g/mol. The van der Waals surface area contributed by atoms with Crippen LogP contribution in [0.5, 0.6) is 0 Å². The SMILES string of the molecule is CC1(C)c2ccccc2-c2cc3c(cc21)C(c1ccc2c4cccc5c(Br)ccc(c6cccc1c62)c54)c1ccccc1C3(C)C. The van der Waals surface area contributed by atoms with Crippen molar-refractivity contribution >= 4 is 59.0 Å². The molecule has 0 radical (unpaired) electrons. The molecule has 2 aliphatic rings. The van der Waals surface area contributed by atoms with Gasteiger partial charge in [0.05, 0.1) is 0 Å². The maximum absolute atomic E-state index is 3.84. The Bertz CT molecular complexity index is 2580. The maximum Gasteiger partial charge on any atom is 0.0352 e. The summed E-state index contributed by atoms with van der Waals surface area (Å²) in [5, 5.41) is 10.7. The molecule has 0 heterocycles. The van der Waals surface area contributed by atoms with Crippen molar-refractivity contribution in [3.8, 4) is 11.1 Å². The molecule has 0 amide bonds. The predicted molar refractivity (Wildman–Crippen MR) is 199 cm³/mol. The Kier molecular flexibility index (Phi) is 5.15. The second-order valence-electron chi connectivity index (χ2n) is 14.6. The van der Waals surface area contributed by atoms with Gasteiger partial charge in [-0.05, 0) is 105 Å². The third-order valence-corrected chi connectivity index (χ3v) is 12.3. The van der Waals surface area contributed by atoms with Gasteiger partial charge in [-0.2, -0.15) is 0 Å². The first-order chi connectivity index (χ1) is 22.3. The summed E-state index contributed by atoms with van der Waals surface area (Å²) in [4.78, 5) is 0. The van der Waals surface area contributed by atoms with E-state index in [1.54, 1.807) is 0 Å². The van der Waals surface area contributed by atoms with E-state index < -0.39 is 0 Å². The van der Waals surface area contributed by atoms with E-state index in [1.165, 1.54) is 93.2 Å². The Morgan fingerprint density at radius 1 is 0.413 bits per heavy atom. The van der Waals surface area contributed by atoms with Gasteiger partial charge < -0.3 is 0 Å². The highest BCUT2D eigenvalue weighted by Gasteiger charge is 2.43. The zero-order chi connectivity index (χ0) is 31.1. The standard InChI is InChI=1S/C45H33Br/c1-44(2)36-17-7-5-11-25(36)34-23-39-35(24-38(34)44)43(32-12-6-8-18-37(32)45(39,3)4)30-20-19-29-28-15-10-16-33-40(46)22-21-31(42(28)33)27-14-9-13-26(30)41(27)29/h5-24,43H,1-4H3. The Labute approximate surface area is 278 Å². The Balaban J connectivity index is 1.33. The highest BCUT2D eigenvalue weighted by Crippen LogP contribution is 2.56. The summed E-state index contributed by atoms with van der Waals surface area (Å²) >= 11 is 3.84. The molecule has 0 saturated carbocycles. The molecule has 1 atom stereocenters. The van der Waals surface area contributed by atoms with Crippen LogP contribution in [-0.4, -0.2) is 0 Å². The molecule has 1 unspecified atom stereocenters. The van der Waals surface area contributed by atoms with Crippen molar-refractivity contribution in [2.45, 2.75) is 44.4 Å². The molecule has 0 fully saturated rings. The third kappa shape index (κ3) is 3.20. The van der Waals surface area contributed by atoms with Gasteiger partial charge in [0.2, 0.25) is 0 Å². The van der Waals surface area contributed by atoms with Gasteiger partial charge in [-0.25, -0.2) is 0 Å². The van der Waals surface area contributed by atoms with Crippen LogP contribution in [-0.2, 0) is 10.8 Å². The van der Waals surface area contributed by atoms with Crippen LogP contribution in [0.4, 0.5) is 0 Å². The minimum absolute atomic E-state index is 0.0524. The molecule has 1 heteroatoms. The molecule has 220 valence electrons. The van der Waals surface area contributed by atoms with E-state index in [4.69, 9.17) is 0 Å². The minimum atomic E-state index is -0.118. The molecule has 8 aromatic carbocycles. The number of hydrogen-bond donors (Lipinski definition) is 0. The van der Waals surface area contributed by atoms with Crippen LogP contribution in [0.15, 0.2) is 126 Å². The molecule has 46 heavy (non-hydrogen) atoms. The molecule has 0 bridgehead atoms. The Morgan fingerprint density at radius 2 is 1.00 bits per heavy atom. The zero-order valence-corrected chi connectivity index (χ0v) is 28.1. The predicted octanol–water partition coefficient (Wildman–Crippen LogP) is 12.6. The van der Waals surface area contributed by atoms with Crippen LogP contribution < -0.4 is 0 Å². The van der Waals surface area contributed by atoms with Gasteiger partial charge in [-0.1, -0.05) is 153 Å². The van der Waals surface area contributed by atoms with Crippen LogP contribution in [0.2, 0.25) is 0 Å². The van der Waals surface area contributed by atoms with Crippen LogP contribution >= 0.6 is 15.9 Å². The molecule has 0 aromatic heterocycles. The average Bonchev–Trinajstić information content (AvgIpc) is 3.30. The van der Waals surface area contributed by atoms with Crippen molar-refractivity contribution in [2.24, 2.45) is 0 Å². The van der Waals surface area contributed by atoms with Crippen molar-refractivity contribution in [1.29, 1.82) is 0 Å². The normalized spacial score (nSPS) is 17.4. The molecule has 0 saturated heterocycles. The summed E-state index contributed by atoms with van der Waals surface area (Å²) in [6.45, 7) is 9.65. The lowest BCUT2D eigenvalue weighted by molar-refractivity contribution is 0.594. The highest BCUT2D eigenvalue weighted by atomic mass is 79.9. The molecular formula is C45H33Br. The fourth-order valence-corrected chi connectivity index (χ4v) is 9.92. The summed E-state index contributed by atoms with van der Waals surface area (Å²) in [6.07, 6.45) is 0. The highest BCUT2D eigenvalue weighted by molar-refractivity contribution is 9.10.